The second-order valence-electron chi connectivity index (χ2n) is 4.10. The van der Waals surface area contributed by atoms with E-state index in [1.165, 1.54) is 33.8 Å². The number of nitrogens with zero attached hydrogens (tertiary/aromatic N) is 1. The van der Waals surface area contributed by atoms with E-state index in [1.807, 2.05) is 0 Å². The number of benzene rings is 1. The molecule has 20 heavy (non-hydrogen) atoms. The van der Waals surface area contributed by atoms with Crippen molar-refractivity contribution in [3.8, 4) is 0 Å². The number of hydrogen-bond donors (Lipinski definition) is 1. The van der Waals surface area contributed by atoms with Crippen LogP contribution in [0.15, 0.2) is 40.6 Å². The molecule has 2 N–H and O–H groups in total. The molecule has 2 rings (SSSR count). The Bertz CT molecular complexity index is 698. The molecule has 108 valence electrons. The quantitative estimate of drug-likeness (QED) is 0.922. The first-order chi connectivity index (χ1) is 9.48. The largest absolute Gasteiger partial charge is 0.326 e. The molecule has 0 spiro atoms. The van der Waals surface area contributed by atoms with Gasteiger partial charge in [0.25, 0.3) is 10.0 Å². The highest BCUT2D eigenvalue weighted by atomic mass is 32.2. The third kappa shape index (κ3) is 2.84. The predicted molar refractivity (Wildman–Crippen MR) is 78.8 cm³/mol. The summed E-state index contributed by atoms with van der Waals surface area (Å²) in [6.07, 6.45) is 0. The van der Waals surface area contributed by atoms with E-state index < -0.39 is 15.8 Å². The van der Waals surface area contributed by atoms with Crippen molar-refractivity contribution in [2.75, 3.05) is 10.8 Å². The van der Waals surface area contributed by atoms with E-state index in [9.17, 15) is 12.8 Å². The Morgan fingerprint density at radius 1 is 1.35 bits per heavy atom. The molecule has 0 saturated carbocycles. The average molecular weight is 314 g/mol. The zero-order valence-corrected chi connectivity index (χ0v) is 12.5. The van der Waals surface area contributed by atoms with Gasteiger partial charge in [-0.25, -0.2) is 12.8 Å². The van der Waals surface area contributed by atoms with Crippen LogP contribution in [0.5, 0.6) is 0 Å². The Morgan fingerprint density at radius 2 is 2.10 bits per heavy atom. The molecule has 1 heterocycles. The van der Waals surface area contributed by atoms with Crippen LogP contribution in [-0.2, 0) is 16.6 Å². The number of thiophene rings is 1. The summed E-state index contributed by atoms with van der Waals surface area (Å²) in [6, 6.07) is 7.10. The average Bonchev–Trinajstić information content (AvgIpc) is 2.89. The lowest BCUT2D eigenvalue weighted by Gasteiger charge is -2.22. The number of anilines is 1. The highest BCUT2D eigenvalue weighted by Gasteiger charge is 2.24. The maximum atomic E-state index is 13.3. The Labute approximate surface area is 121 Å². The maximum absolute atomic E-state index is 13.3. The summed E-state index contributed by atoms with van der Waals surface area (Å²) < 4.78 is 39.6. The van der Waals surface area contributed by atoms with Crippen LogP contribution in [0, 0.1) is 5.82 Å². The molecule has 0 unspecified atom stereocenters. The molecule has 0 radical (unpaired) electrons. The van der Waals surface area contributed by atoms with Crippen LogP contribution in [0.4, 0.5) is 10.1 Å². The summed E-state index contributed by atoms with van der Waals surface area (Å²) in [5.74, 6) is -0.468. The van der Waals surface area contributed by atoms with E-state index in [-0.39, 0.29) is 11.4 Å². The fourth-order valence-electron chi connectivity index (χ4n) is 1.85. The molecule has 2 aromatic rings. The van der Waals surface area contributed by atoms with Gasteiger partial charge in [-0.05, 0) is 31.2 Å². The van der Waals surface area contributed by atoms with Crippen LogP contribution in [0.1, 0.15) is 11.8 Å². The fraction of sp³-hybridized carbons (Fsp3) is 0.231. The van der Waals surface area contributed by atoms with E-state index >= 15 is 0 Å². The third-order valence-electron chi connectivity index (χ3n) is 2.80. The van der Waals surface area contributed by atoms with Crippen LogP contribution in [0.2, 0.25) is 0 Å². The van der Waals surface area contributed by atoms with Crippen molar-refractivity contribution in [2.24, 2.45) is 5.73 Å². The number of rotatable bonds is 5. The highest BCUT2D eigenvalue weighted by Crippen LogP contribution is 2.27. The molecule has 4 nitrogen and oxygen atoms in total. The molecule has 7 heteroatoms. The normalized spacial score (nSPS) is 11.6. The van der Waals surface area contributed by atoms with E-state index in [2.05, 4.69) is 0 Å². The van der Waals surface area contributed by atoms with E-state index in [4.69, 9.17) is 5.73 Å². The van der Waals surface area contributed by atoms with Gasteiger partial charge in [-0.15, -0.1) is 11.3 Å². The standard InChI is InChI=1S/C13H15FN2O2S2/c1-2-16(11-5-3-4-10(14)6-11)20(17,18)13-7-12(8-15)19-9-13/h3-7,9H,2,8,15H2,1H3. The molecule has 0 aliphatic heterocycles. The van der Waals surface area contributed by atoms with Gasteiger partial charge >= 0.3 is 0 Å². The summed E-state index contributed by atoms with van der Waals surface area (Å²) >= 11 is 1.30. The Hall–Kier alpha value is -1.44. The first-order valence-corrected chi connectivity index (χ1v) is 8.36. The first kappa shape index (κ1) is 15.0. The van der Waals surface area contributed by atoms with Gasteiger partial charge in [0.1, 0.15) is 5.82 Å². The van der Waals surface area contributed by atoms with Crippen LogP contribution in [0.25, 0.3) is 0 Å². The van der Waals surface area contributed by atoms with Crippen molar-refractivity contribution in [2.45, 2.75) is 18.4 Å². The molecular formula is C13H15FN2O2S2. The molecule has 0 atom stereocenters. The number of nitrogens with two attached hydrogens (primary N) is 1. The highest BCUT2D eigenvalue weighted by molar-refractivity contribution is 7.93. The van der Waals surface area contributed by atoms with Gasteiger partial charge in [0.15, 0.2) is 0 Å². The van der Waals surface area contributed by atoms with Crippen LogP contribution in [-0.4, -0.2) is 15.0 Å². The number of hydrogen-bond acceptors (Lipinski definition) is 4. The van der Waals surface area contributed by atoms with Crippen molar-refractivity contribution in [1.82, 2.24) is 0 Å². The lowest BCUT2D eigenvalue weighted by Crippen LogP contribution is -2.30. The Morgan fingerprint density at radius 3 is 2.65 bits per heavy atom. The van der Waals surface area contributed by atoms with E-state index in [0.717, 1.165) is 4.88 Å². The van der Waals surface area contributed by atoms with Gasteiger partial charge in [-0.3, -0.25) is 4.31 Å². The summed E-state index contributed by atoms with van der Waals surface area (Å²) in [5.41, 5.74) is 5.81. The molecule has 0 aliphatic carbocycles. The van der Waals surface area contributed by atoms with Crippen LogP contribution >= 0.6 is 11.3 Å². The fourth-order valence-corrected chi connectivity index (χ4v) is 4.46. The number of halogens is 1. The lowest BCUT2D eigenvalue weighted by molar-refractivity contribution is 0.591. The molecule has 0 saturated heterocycles. The predicted octanol–water partition coefficient (Wildman–Crippen LogP) is 2.56. The van der Waals surface area contributed by atoms with Crippen LogP contribution in [0.3, 0.4) is 0 Å². The summed E-state index contributed by atoms with van der Waals surface area (Å²) in [7, 11) is -3.69. The Kier molecular flexibility index (Phi) is 4.42. The van der Waals surface area contributed by atoms with Crippen molar-refractivity contribution >= 4 is 27.0 Å². The second kappa shape index (κ2) is 5.90. The minimum Gasteiger partial charge on any atom is -0.326 e. The second-order valence-corrected chi connectivity index (χ2v) is 6.96. The van der Waals surface area contributed by atoms with Gasteiger partial charge in [0.05, 0.1) is 10.6 Å². The maximum Gasteiger partial charge on any atom is 0.265 e. The summed E-state index contributed by atoms with van der Waals surface area (Å²) in [4.78, 5) is 0.980. The van der Waals surface area contributed by atoms with Gasteiger partial charge in [-0.1, -0.05) is 6.07 Å². The van der Waals surface area contributed by atoms with Gasteiger partial charge in [-0.2, -0.15) is 0 Å². The van der Waals surface area contributed by atoms with E-state index in [0.29, 0.717) is 12.2 Å². The molecule has 1 aromatic carbocycles. The monoisotopic (exact) mass is 314 g/mol. The topological polar surface area (TPSA) is 63.4 Å². The van der Waals surface area contributed by atoms with Gasteiger partial charge in [0, 0.05) is 23.3 Å². The minimum absolute atomic E-state index is 0.189. The smallest absolute Gasteiger partial charge is 0.265 e. The molecule has 0 amide bonds. The van der Waals surface area contributed by atoms with Gasteiger partial charge in [0.2, 0.25) is 0 Å². The zero-order chi connectivity index (χ0) is 14.8. The molecule has 0 aliphatic rings. The molecule has 0 fully saturated rings. The SMILES string of the molecule is CCN(c1cccc(F)c1)S(=O)(=O)c1csc(CN)c1. The van der Waals surface area contributed by atoms with E-state index in [1.54, 1.807) is 24.4 Å². The molecule has 0 bridgehead atoms. The Balaban J connectivity index is 2.44. The van der Waals surface area contributed by atoms with Crippen molar-refractivity contribution in [1.29, 1.82) is 0 Å². The first-order valence-electron chi connectivity index (χ1n) is 6.04. The van der Waals surface area contributed by atoms with Crippen molar-refractivity contribution in [3.05, 3.63) is 46.4 Å². The van der Waals surface area contributed by atoms with Crippen LogP contribution < -0.4 is 10.0 Å². The number of sulfonamides is 1. The summed E-state index contributed by atoms with van der Waals surface area (Å²) in [5, 5.41) is 1.56. The van der Waals surface area contributed by atoms with Crippen molar-refractivity contribution < 1.29 is 12.8 Å². The van der Waals surface area contributed by atoms with Crippen molar-refractivity contribution in [3.63, 3.8) is 0 Å². The molecular weight excluding hydrogens is 299 g/mol. The third-order valence-corrected chi connectivity index (χ3v) is 5.79. The van der Waals surface area contributed by atoms with Gasteiger partial charge < -0.3 is 5.73 Å². The lowest BCUT2D eigenvalue weighted by atomic mass is 10.3. The molecule has 1 aromatic heterocycles. The summed E-state index contributed by atoms with van der Waals surface area (Å²) in [6.45, 7) is 2.23. The minimum atomic E-state index is -3.69. The zero-order valence-electron chi connectivity index (χ0n) is 10.9.